The fourth-order valence-electron chi connectivity index (χ4n) is 5.13. The summed E-state index contributed by atoms with van der Waals surface area (Å²) in [6.07, 6.45) is 16.7. The summed E-state index contributed by atoms with van der Waals surface area (Å²) in [5, 5.41) is 35.3. The normalized spacial score (nSPS) is 29.1. The molecule has 0 spiro atoms. The molecule has 0 amide bonds. The first-order valence-electron chi connectivity index (χ1n) is 11.2. The summed E-state index contributed by atoms with van der Waals surface area (Å²) in [4.78, 5) is 0. The third kappa shape index (κ3) is 9.68. The van der Waals surface area contributed by atoms with Gasteiger partial charge in [0.25, 0.3) is 0 Å². The highest BCUT2D eigenvalue weighted by atomic mass is 16.3. The minimum Gasteiger partial charge on any atom is -0.396 e. The van der Waals surface area contributed by atoms with Crippen LogP contribution >= 0.6 is 0 Å². The van der Waals surface area contributed by atoms with Gasteiger partial charge in [-0.25, -0.2) is 0 Å². The molecule has 4 nitrogen and oxygen atoms in total. The molecule has 0 aromatic carbocycles. The Bertz CT molecular complexity index is 277. The Kier molecular flexibility index (Phi) is 14.6. The first-order valence-corrected chi connectivity index (χ1v) is 11.2. The molecule has 4 atom stereocenters. The van der Waals surface area contributed by atoms with Gasteiger partial charge in [-0.3, -0.25) is 0 Å². The van der Waals surface area contributed by atoms with E-state index in [1.54, 1.807) is 0 Å². The lowest BCUT2D eigenvalue weighted by Crippen LogP contribution is -2.21. The van der Waals surface area contributed by atoms with Crippen molar-refractivity contribution in [1.82, 2.24) is 0 Å². The fraction of sp³-hybridized carbons (Fsp3) is 1.00. The molecule has 0 aromatic heterocycles. The zero-order valence-corrected chi connectivity index (χ0v) is 16.8. The van der Waals surface area contributed by atoms with Crippen LogP contribution in [0.5, 0.6) is 0 Å². The van der Waals surface area contributed by atoms with Gasteiger partial charge in [-0.15, -0.1) is 0 Å². The maximum atomic E-state index is 8.84. The molecule has 2 fully saturated rings. The van der Waals surface area contributed by atoms with Crippen molar-refractivity contribution in [3.63, 3.8) is 0 Å². The van der Waals surface area contributed by atoms with E-state index in [-0.39, 0.29) is 0 Å². The van der Waals surface area contributed by atoms with Crippen LogP contribution in [0.1, 0.15) is 89.9 Å². The summed E-state index contributed by atoms with van der Waals surface area (Å²) in [5.41, 5.74) is 0. The molecule has 2 saturated carbocycles. The second-order valence-electron chi connectivity index (χ2n) is 8.37. The molecule has 0 heterocycles. The minimum absolute atomic E-state index is 0.312. The average molecular weight is 373 g/mol. The largest absolute Gasteiger partial charge is 0.396 e. The zero-order chi connectivity index (χ0) is 19.0. The van der Waals surface area contributed by atoms with E-state index < -0.39 is 0 Å². The highest BCUT2D eigenvalue weighted by molar-refractivity contribution is 4.76. The average Bonchev–Trinajstić information content (AvgIpc) is 2.68. The van der Waals surface area contributed by atoms with Gasteiger partial charge in [0.15, 0.2) is 0 Å². The Morgan fingerprint density at radius 3 is 1.00 bits per heavy atom. The monoisotopic (exact) mass is 372 g/mol. The van der Waals surface area contributed by atoms with Gasteiger partial charge in [-0.05, 0) is 62.2 Å². The molecule has 0 radical (unpaired) electrons. The molecule has 2 aliphatic carbocycles. The van der Waals surface area contributed by atoms with Gasteiger partial charge in [0, 0.05) is 26.4 Å². The molecule has 0 aromatic rings. The summed E-state index contributed by atoms with van der Waals surface area (Å²) in [7, 11) is 0. The second-order valence-corrected chi connectivity index (χ2v) is 8.37. The van der Waals surface area contributed by atoms with Crippen molar-refractivity contribution >= 4 is 0 Å². The summed E-state index contributed by atoms with van der Waals surface area (Å²) in [6, 6.07) is 0. The van der Waals surface area contributed by atoms with Gasteiger partial charge in [0.05, 0.1) is 0 Å². The zero-order valence-electron chi connectivity index (χ0n) is 16.8. The van der Waals surface area contributed by atoms with E-state index in [4.69, 9.17) is 20.4 Å². The summed E-state index contributed by atoms with van der Waals surface area (Å²) >= 11 is 0. The predicted molar refractivity (Wildman–Crippen MR) is 107 cm³/mol. The van der Waals surface area contributed by atoms with Gasteiger partial charge >= 0.3 is 0 Å². The first-order chi connectivity index (χ1) is 12.8. The van der Waals surface area contributed by atoms with Crippen LogP contribution in [0, 0.1) is 23.7 Å². The van der Waals surface area contributed by atoms with Crippen LogP contribution in [0.4, 0.5) is 0 Å². The van der Waals surface area contributed by atoms with E-state index in [1.165, 1.54) is 64.2 Å². The Balaban J connectivity index is 0.000000263. The number of aliphatic hydroxyl groups is 4. The molecular weight excluding hydrogens is 328 g/mol. The summed E-state index contributed by atoms with van der Waals surface area (Å²) < 4.78 is 0. The van der Waals surface area contributed by atoms with Crippen LogP contribution in [-0.2, 0) is 0 Å². The van der Waals surface area contributed by atoms with Crippen molar-refractivity contribution in [2.45, 2.75) is 89.9 Å². The number of hydrogen-bond acceptors (Lipinski definition) is 4. The Morgan fingerprint density at radius 2 is 0.731 bits per heavy atom. The summed E-state index contributed by atoms with van der Waals surface area (Å²) in [6.45, 7) is 1.30. The maximum absolute atomic E-state index is 8.84. The number of rotatable bonds is 10. The molecule has 26 heavy (non-hydrogen) atoms. The van der Waals surface area contributed by atoms with E-state index in [0.717, 1.165) is 37.5 Å². The lowest BCUT2D eigenvalue weighted by Gasteiger charge is -2.31. The number of hydrogen-bond donors (Lipinski definition) is 4. The van der Waals surface area contributed by atoms with Crippen LogP contribution in [0.3, 0.4) is 0 Å². The molecule has 156 valence electrons. The van der Waals surface area contributed by atoms with Crippen molar-refractivity contribution < 1.29 is 20.4 Å². The standard InChI is InChI=1S/C12H24O2.C10H20O2/c13-9-3-7-11-5-1-2-6-12(11)8-4-10-14;11-7-5-9-3-1-2-4-10(9)6-8-12/h11-14H,1-10H2;9-12H,1-8H2. The van der Waals surface area contributed by atoms with Crippen molar-refractivity contribution in [2.24, 2.45) is 23.7 Å². The van der Waals surface area contributed by atoms with Crippen LogP contribution in [0.25, 0.3) is 0 Å². The molecule has 2 aliphatic rings. The fourth-order valence-corrected chi connectivity index (χ4v) is 5.13. The smallest absolute Gasteiger partial charge is 0.0433 e. The molecule has 4 unspecified atom stereocenters. The Morgan fingerprint density at radius 1 is 0.423 bits per heavy atom. The predicted octanol–water partition coefficient (Wildman–Crippen LogP) is 3.90. The highest BCUT2D eigenvalue weighted by Crippen LogP contribution is 2.36. The van der Waals surface area contributed by atoms with Crippen LogP contribution in [-0.4, -0.2) is 46.9 Å². The maximum Gasteiger partial charge on any atom is 0.0433 e. The van der Waals surface area contributed by atoms with Gasteiger partial charge in [-0.1, -0.05) is 51.4 Å². The van der Waals surface area contributed by atoms with Crippen LogP contribution < -0.4 is 0 Å². The van der Waals surface area contributed by atoms with Crippen LogP contribution in [0.15, 0.2) is 0 Å². The van der Waals surface area contributed by atoms with Gasteiger partial charge in [-0.2, -0.15) is 0 Å². The molecule has 4 heteroatoms. The van der Waals surface area contributed by atoms with Crippen LogP contribution in [0.2, 0.25) is 0 Å². The lowest BCUT2D eigenvalue weighted by molar-refractivity contribution is 0.144. The van der Waals surface area contributed by atoms with Crippen molar-refractivity contribution in [3.05, 3.63) is 0 Å². The van der Waals surface area contributed by atoms with Crippen molar-refractivity contribution in [1.29, 1.82) is 0 Å². The molecule has 2 rings (SSSR count). The third-order valence-electron chi connectivity index (χ3n) is 6.60. The quantitative estimate of drug-likeness (QED) is 0.469. The highest BCUT2D eigenvalue weighted by Gasteiger charge is 2.24. The summed E-state index contributed by atoms with van der Waals surface area (Å²) in [5.74, 6) is 3.00. The SMILES string of the molecule is OCCC1CCCCC1CCO.OCCCC1CCCCC1CCCO. The lowest BCUT2D eigenvalue weighted by atomic mass is 9.75. The third-order valence-corrected chi connectivity index (χ3v) is 6.60. The Labute approximate surface area is 161 Å². The molecular formula is C22H44O4. The van der Waals surface area contributed by atoms with E-state index in [0.29, 0.717) is 38.3 Å². The van der Waals surface area contributed by atoms with Crippen molar-refractivity contribution in [2.75, 3.05) is 26.4 Å². The minimum atomic E-state index is 0.312. The molecule has 0 bridgehead atoms. The van der Waals surface area contributed by atoms with Gasteiger partial charge < -0.3 is 20.4 Å². The molecule has 0 saturated heterocycles. The van der Waals surface area contributed by atoms with E-state index in [9.17, 15) is 0 Å². The molecule has 4 N–H and O–H groups in total. The Hall–Kier alpha value is -0.160. The van der Waals surface area contributed by atoms with E-state index in [1.807, 2.05) is 0 Å². The van der Waals surface area contributed by atoms with Crippen molar-refractivity contribution in [3.8, 4) is 0 Å². The van der Waals surface area contributed by atoms with Gasteiger partial charge in [0.2, 0.25) is 0 Å². The van der Waals surface area contributed by atoms with E-state index in [2.05, 4.69) is 0 Å². The number of aliphatic hydroxyl groups excluding tert-OH is 4. The second kappa shape index (κ2) is 15.9. The van der Waals surface area contributed by atoms with E-state index >= 15 is 0 Å². The topological polar surface area (TPSA) is 80.9 Å². The molecule has 0 aliphatic heterocycles. The first kappa shape index (κ1) is 23.9. The van der Waals surface area contributed by atoms with Gasteiger partial charge in [0.1, 0.15) is 0 Å².